The molecule has 0 spiro atoms. The van der Waals surface area contributed by atoms with Crippen LogP contribution in [0.15, 0.2) is 40.9 Å². The Morgan fingerprint density at radius 2 is 1.89 bits per heavy atom. The molecule has 2 aromatic rings. The number of hydrogen-bond donors (Lipinski definition) is 0. The van der Waals surface area contributed by atoms with Gasteiger partial charge in [0.15, 0.2) is 5.78 Å². The van der Waals surface area contributed by atoms with Crippen LogP contribution in [0.3, 0.4) is 0 Å². The Morgan fingerprint density at radius 3 is 2.63 bits per heavy atom. The fraction of sp³-hybridized carbons (Fsp3) is 0.188. The van der Waals surface area contributed by atoms with E-state index in [0.29, 0.717) is 6.42 Å². The Morgan fingerprint density at radius 1 is 1.16 bits per heavy atom. The molecule has 0 radical (unpaired) electrons. The molecule has 98 valence electrons. The summed E-state index contributed by atoms with van der Waals surface area (Å²) < 4.78 is 1.94. The predicted octanol–water partition coefficient (Wildman–Crippen LogP) is 5.10. The number of rotatable bonds is 3. The number of aryl methyl sites for hydroxylation is 2. The zero-order chi connectivity index (χ0) is 14.0. The maximum absolute atomic E-state index is 12.4. The third-order valence-electron chi connectivity index (χ3n) is 3.08. The second-order valence-corrected chi connectivity index (χ2v) is 6.73. The van der Waals surface area contributed by atoms with E-state index in [-0.39, 0.29) is 5.78 Å². The SMILES string of the molecule is Cc1ccc(C)c(CC(=O)c2cc(Br)ccc2I)c1. The monoisotopic (exact) mass is 428 g/mol. The first-order valence-corrected chi connectivity index (χ1v) is 7.89. The zero-order valence-corrected chi connectivity index (χ0v) is 14.6. The highest BCUT2D eigenvalue weighted by molar-refractivity contribution is 14.1. The maximum Gasteiger partial charge on any atom is 0.168 e. The average Bonchev–Trinajstić information content (AvgIpc) is 2.36. The van der Waals surface area contributed by atoms with Crippen molar-refractivity contribution in [3.05, 3.63) is 66.7 Å². The molecule has 0 aliphatic heterocycles. The molecule has 2 rings (SSSR count). The van der Waals surface area contributed by atoms with E-state index < -0.39 is 0 Å². The van der Waals surface area contributed by atoms with E-state index in [1.807, 2.05) is 25.1 Å². The van der Waals surface area contributed by atoms with E-state index in [4.69, 9.17) is 0 Å². The minimum Gasteiger partial charge on any atom is -0.294 e. The van der Waals surface area contributed by atoms with Gasteiger partial charge in [0, 0.05) is 20.0 Å². The fourth-order valence-electron chi connectivity index (χ4n) is 1.97. The number of halogens is 2. The van der Waals surface area contributed by atoms with Gasteiger partial charge in [-0.1, -0.05) is 39.7 Å². The van der Waals surface area contributed by atoms with Crippen LogP contribution in [0.5, 0.6) is 0 Å². The Balaban J connectivity index is 2.30. The number of carbonyl (C=O) groups excluding carboxylic acids is 1. The molecule has 0 fully saturated rings. The van der Waals surface area contributed by atoms with E-state index in [1.54, 1.807) is 0 Å². The first kappa shape index (κ1) is 14.7. The van der Waals surface area contributed by atoms with Crippen molar-refractivity contribution in [2.24, 2.45) is 0 Å². The summed E-state index contributed by atoms with van der Waals surface area (Å²) in [7, 11) is 0. The lowest BCUT2D eigenvalue weighted by atomic mass is 9.98. The zero-order valence-electron chi connectivity index (χ0n) is 10.8. The van der Waals surface area contributed by atoms with E-state index in [2.05, 4.69) is 63.6 Å². The lowest BCUT2D eigenvalue weighted by Gasteiger charge is -2.08. The average molecular weight is 429 g/mol. The van der Waals surface area contributed by atoms with Crippen LogP contribution in [0.4, 0.5) is 0 Å². The van der Waals surface area contributed by atoms with Crippen molar-refractivity contribution >= 4 is 44.3 Å². The van der Waals surface area contributed by atoms with E-state index in [0.717, 1.165) is 19.2 Å². The molecule has 0 unspecified atom stereocenters. The van der Waals surface area contributed by atoms with Crippen LogP contribution in [0.2, 0.25) is 0 Å². The van der Waals surface area contributed by atoms with Crippen LogP contribution in [0, 0.1) is 17.4 Å². The Labute approximate surface area is 135 Å². The van der Waals surface area contributed by atoms with Gasteiger partial charge in [-0.15, -0.1) is 0 Å². The van der Waals surface area contributed by atoms with Crippen LogP contribution in [0.25, 0.3) is 0 Å². The number of carbonyl (C=O) groups is 1. The van der Waals surface area contributed by atoms with Gasteiger partial charge in [-0.25, -0.2) is 0 Å². The molecule has 3 heteroatoms. The van der Waals surface area contributed by atoms with Crippen molar-refractivity contribution in [3.63, 3.8) is 0 Å². The molecule has 0 aliphatic rings. The molecular weight excluding hydrogens is 415 g/mol. The molecule has 0 aromatic heterocycles. The van der Waals surface area contributed by atoms with Crippen molar-refractivity contribution in [1.29, 1.82) is 0 Å². The third-order valence-corrected chi connectivity index (χ3v) is 4.52. The lowest BCUT2D eigenvalue weighted by molar-refractivity contribution is 0.0992. The van der Waals surface area contributed by atoms with Gasteiger partial charge in [-0.2, -0.15) is 0 Å². The molecule has 0 aliphatic carbocycles. The highest BCUT2D eigenvalue weighted by atomic mass is 127. The Bertz CT molecular complexity index is 635. The van der Waals surface area contributed by atoms with Crippen LogP contribution >= 0.6 is 38.5 Å². The smallest absolute Gasteiger partial charge is 0.168 e. The first-order chi connectivity index (χ1) is 8.97. The minimum absolute atomic E-state index is 0.166. The van der Waals surface area contributed by atoms with E-state index >= 15 is 0 Å². The third kappa shape index (κ3) is 3.66. The van der Waals surface area contributed by atoms with Crippen LogP contribution in [-0.2, 0) is 6.42 Å². The molecule has 0 atom stereocenters. The normalized spacial score (nSPS) is 10.5. The molecule has 0 saturated carbocycles. The van der Waals surface area contributed by atoms with Gasteiger partial charge in [0.2, 0.25) is 0 Å². The highest BCUT2D eigenvalue weighted by Gasteiger charge is 2.12. The molecule has 0 N–H and O–H groups in total. The number of Topliss-reactive ketones (excluding diaryl/α,β-unsaturated/α-hetero) is 1. The predicted molar refractivity (Wildman–Crippen MR) is 90.8 cm³/mol. The topological polar surface area (TPSA) is 17.1 Å². The second kappa shape index (κ2) is 6.18. The molecule has 0 saturated heterocycles. The van der Waals surface area contributed by atoms with E-state index in [1.165, 1.54) is 11.1 Å². The maximum atomic E-state index is 12.4. The second-order valence-electron chi connectivity index (χ2n) is 4.65. The lowest BCUT2D eigenvalue weighted by Crippen LogP contribution is -2.07. The summed E-state index contributed by atoms with van der Waals surface area (Å²) in [6, 6.07) is 12.1. The summed E-state index contributed by atoms with van der Waals surface area (Å²) in [5, 5.41) is 0. The Hall–Kier alpha value is -0.680. The standard InChI is InChI=1S/C16H14BrIO/c1-10-3-4-11(2)12(7-10)8-16(19)14-9-13(17)5-6-15(14)18/h3-7,9H,8H2,1-2H3. The van der Waals surface area contributed by atoms with Gasteiger partial charge in [0.25, 0.3) is 0 Å². The van der Waals surface area contributed by atoms with Crippen molar-refractivity contribution in [2.75, 3.05) is 0 Å². The molecule has 2 aromatic carbocycles. The van der Waals surface area contributed by atoms with Gasteiger partial charge in [0.1, 0.15) is 0 Å². The van der Waals surface area contributed by atoms with Gasteiger partial charge in [0.05, 0.1) is 0 Å². The van der Waals surface area contributed by atoms with Crippen molar-refractivity contribution < 1.29 is 4.79 Å². The van der Waals surface area contributed by atoms with Crippen LogP contribution in [-0.4, -0.2) is 5.78 Å². The molecule has 19 heavy (non-hydrogen) atoms. The minimum atomic E-state index is 0.166. The van der Waals surface area contributed by atoms with Crippen molar-refractivity contribution in [2.45, 2.75) is 20.3 Å². The Kier molecular flexibility index (Phi) is 4.79. The molecule has 0 bridgehead atoms. The van der Waals surface area contributed by atoms with Gasteiger partial charge in [-0.05, 0) is 65.8 Å². The van der Waals surface area contributed by atoms with Gasteiger partial charge < -0.3 is 0 Å². The summed E-state index contributed by atoms with van der Waals surface area (Å²) in [6.45, 7) is 4.10. The summed E-state index contributed by atoms with van der Waals surface area (Å²) in [5.74, 6) is 0.166. The molecule has 0 heterocycles. The molecular formula is C16H14BrIO. The quantitative estimate of drug-likeness (QED) is 0.491. The highest BCUT2D eigenvalue weighted by Crippen LogP contribution is 2.21. The number of ketones is 1. The summed E-state index contributed by atoms with van der Waals surface area (Å²) in [4.78, 5) is 12.4. The summed E-state index contributed by atoms with van der Waals surface area (Å²) >= 11 is 5.63. The first-order valence-electron chi connectivity index (χ1n) is 6.02. The molecule has 0 amide bonds. The van der Waals surface area contributed by atoms with Crippen LogP contribution in [0.1, 0.15) is 27.0 Å². The largest absolute Gasteiger partial charge is 0.294 e. The fourth-order valence-corrected chi connectivity index (χ4v) is 2.97. The van der Waals surface area contributed by atoms with E-state index in [9.17, 15) is 4.79 Å². The number of hydrogen-bond acceptors (Lipinski definition) is 1. The van der Waals surface area contributed by atoms with Crippen molar-refractivity contribution in [3.8, 4) is 0 Å². The van der Waals surface area contributed by atoms with Gasteiger partial charge in [-0.3, -0.25) is 4.79 Å². The van der Waals surface area contributed by atoms with Gasteiger partial charge >= 0.3 is 0 Å². The number of benzene rings is 2. The summed E-state index contributed by atoms with van der Waals surface area (Å²) in [5.41, 5.74) is 4.26. The summed E-state index contributed by atoms with van der Waals surface area (Å²) in [6.07, 6.45) is 0.458. The molecule has 1 nitrogen and oxygen atoms in total. The van der Waals surface area contributed by atoms with Crippen LogP contribution < -0.4 is 0 Å². The van der Waals surface area contributed by atoms with Crippen molar-refractivity contribution in [1.82, 2.24) is 0 Å².